The molecule has 5 heteroatoms. The lowest BCUT2D eigenvalue weighted by molar-refractivity contribution is -0.137. The number of hydrogen-bond acceptors (Lipinski definition) is 2. The fourth-order valence-corrected chi connectivity index (χ4v) is 1.67. The topological polar surface area (TPSA) is 30.0 Å². The number of carbonyl (C=O) groups is 1. The van der Waals surface area contributed by atoms with Gasteiger partial charge < -0.3 is 0 Å². The quantitative estimate of drug-likeness (QED) is 0.795. The summed E-state index contributed by atoms with van der Waals surface area (Å²) in [5.74, 6) is -0.257. The van der Waals surface area contributed by atoms with Crippen molar-refractivity contribution in [3.63, 3.8) is 0 Å². The summed E-state index contributed by atoms with van der Waals surface area (Å²) in [7, 11) is 0. The number of alkyl halides is 3. The monoisotopic (exact) mass is 265 g/mol. The third-order valence-corrected chi connectivity index (χ3v) is 2.60. The number of ketones is 1. The van der Waals surface area contributed by atoms with Crippen molar-refractivity contribution < 1.29 is 18.0 Å². The van der Waals surface area contributed by atoms with E-state index in [1.807, 2.05) is 0 Å². The number of nitrogens with zero attached hydrogens (tertiary/aromatic N) is 1. The molecule has 0 unspecified atom stereocenters. The summed E-state index contributed by atoms with van der Waals surface area (Å²) in [6, 6.07) is 7.98. The Labute approximate surface area is 107 Å². The van der Waals surface area contributed by atoms with Gasteiger partial charge in [-0.2, -0.15) is 13.2 Å². The highest BCUT2D eigenvalue weighted by molar-refractivity contribution is 5.97. The summed E-state index contributed by atoms with van der Waals surface area (Å²) in [5, 5.41) is 0. The Morgan fingerprint density at radius 2 is 1.95 bits per heavy atom. The molecule has 0 aliphatic rings. The van der Waals surface area contributed by atoms with E-state index in [1.165, 1.54) is 24.5 Å². The van der Waals surface area contributed by atoms with Crippen molar-refractivity contribution in [2.75, 3.05) is 0 Å². The normalized spacial score (nSPS) is 11.3. The molecule has 0 saturated carbocycles. The third kappa shape index (κ3) is 3.40. The van der Waals surface area contributed by atoms with Crippen LogP contribution < -0.4 is 0 Å². The summed E-state index contributed by atoms with van der Waals surface area (Å²) >= 11 is 0. The van der Waals surface area contributed by atoms with Crippen molar-refractivity contribution >= 4 is 5.78 Å². The first-order chi connectivity index (χ1) is 8.97. The van der Waals surface area contributed by atoms with Gasteiger partial charge in [0, 0.05) is 24.4 Å². The van der Waals surface area contributed by atoms with Gasteiger partial charge in [0.15, 0.2) is 5.78 Å². The number of benzene rings is 1. The van der Waals surface area contributed by atoms with Crippen molar-refractivity contribution in [3.05, 3.63) is 65.5 Å². The van der Waals surface area contributed by atoms with E-state index < -0.39 is 11.7 Å². The predicted octanol–water partition coefficient (Wildman–Crippen LogP) is 3.53. The summed E-state index contributed by atoms with van der Waals surface area (Å²) in [4.78, 5) is 15.7. The highest BCUT2D eigenvalue weighted by atomic mass is 19.4. The van der Waals surface area contributed by atoms with E-state index in [0.717, 1.165) is 12.1 Å². The summed E-state index contributed by atoms with van der Waals surface area (Å²) in [5.41, 5.74) is -0.0208. The van der Waals surface area contributed by atoms with E-state index in [-0.39, 0.29) is 12.2 Å². The molecule has 0 radical (unpaired) electrons. The lowest BCUT2D eigenvalue weighted by Crippen LogP contribution is -2.08. The molecule has 1 aromatic carbocycles. The Bertz CT molecular complexity index is 579. The van der Waals surface area contributed by atoms with Gasteiger partial charge in [-0.05, 0) is 23.8 Å². The van der Waals surface area contributed by atoms with E-state index >= 15 is 0 Å². The molecule has 0 spiro atoms. The van der Waals surface area contributed by atoms with Crippen LogP contribution in [-0.4, -0.2) is 10.8 Å². The molecule has 19 heavy (non-hydrogen) atoms. The Morgan fingerprint density at radius 1 is 1.16 bits per heavy atom. The van der Waals surface area contributed by atoms with E-state index in [9.17, 15) is 18.0 Å². The van der Waals surface area contributed by atoms with Gasteiger partial charge in [0.05, 0.1) is 5.56 Å². The average Bonchev–Trinajstić information content (AvgIpc) is 2.39. The van der Waals surface area contributed by atoms with Crippen LogP contribution in [0.15, 0.2) is 48.8 Å². The number of halogens is 3. The summed E-state index contributed by atoms with van der Waals surface area (Å²) in [6.07, 6.45) is -1.54. The minimum Gasteiger partial charge on any atom is -0.294 e. The zero-order valence-corrected chi connectivity index (χ0v) is 9.82. The highest BCUT2D eigenvalue weighted by Crippen LogP contribution is 2.29. The molecular formula is C14H10F3NO. The van der Waals surface area contributed by atoms with Crippen molar-refractivity contribution in [1.82, 2.24) is 4.98 Å². The van der Waals surface area contributed by atoms with Crippen LogP contribution in [0.2, 0.25) is 0 Å². The SMILES string of the molecule is O=C(Cc1cccc(C(F)(F)F)c1)c1cccnc1. The summed E-state index contributed by atoms with van der Waals surface area (Å²) in [6.45, 7) is 0. The Morgan fingerprint density at radius 3 is 2.58 bits per heavy atom. The average molecular weight is 265 g/mol. The number of pyridine rings is 1. The second kappa shape index (κ2) is 5.22. The molecular weight excluding hydrogens is 255 g/mol. The molecule has 0 fully saturated rings. The molecule has 98 valence electrons. The number of hydrogen-bond donors (Lipinski definition) is 0. The van der Waals surface area contributed by atoms with Crippen LogP contribution in [0, 0.1) is 0 Å². The molecule has 2 aromatic rings. The molecule has 0 aliphatic carbocycles. The number of carbonyl (C=O) groups excluding carboxylic acids is 1. The van der Waals surface area contributed by atoms with Crippen LogP contribution >= 0.6 is 0 Å². The van der Waals surface area contributed by atoms with Crippen molar-refractivity contribution in [3.8, 4) is 0 Å². The molecule has 2 rings (SSSR count). The molecule has 0 bridgehead atoms. The highest BCUT2D eigenvalue weighted by Gasteiger charge is 2.30. The van der Waals surface area contributed by atoms with Crippen molar-refractivity contribution in [2.24, 2.45) is 0 Å². The molecule has 0 atom stereocenters. The lowest BCUT2D eigenvalue weighted by atomic mass is 10.0. The van der Waals surface area contributed by atoms with Crippen LogP contribution in [0.25, 0.3) is 0 Å². The van der Waals surface area contributed by atoms with Gasteiger partial charge >= 0.3 is 6.18 Å². The Balaban J connectivity index is 2.18. The number of rotatable bonds is 3. The van der Waals surface area contributed by atoms with E-state index in [2.05, 4.69) is 4.98 Å². The van der Waals surface area contributed by atoms with Crippen molar-refractivity contribution in [1.29, 1.82) is 0 Å². The van der Waals surface area contributed by atoms with Gasteiger partial charge in [0.1, 0.15) is 0 Å². The van der Waals surface area contributed by atoms with Crippen LogP contribution in [-0.2, 0) is 12.6 Å². The minimum atomic E-state index is -4.40. The van der Waals surface area contributed by atoms with Gasteiger partial charge in [-0.1, -0.05) is 18.2 Å². The molecule has 0 saturated heterocycles. The van der Waals surface area contributed by atoms with Crippen molar-refractivity contribution in [2.45, 2.75) is 12.6 Å². The van der Waals surface area contributed by atoms with Gasteiger partial charge in [-0.25, -0.2) is 0 Å². The van der Waals surface area contributed by atoms with Gasteiger partial charge in [-0.15, -0.1) is 0 Å². The predicted molar refractivity (Wildman–Crippen MR) is 63.7 cm³/mol. The number of aromatic nitrogens is 1. The van der Waals surface area contributed by atoms with Gasteiger partial charge in [-0.3, -0.25) is 9.78 Å². The number of Topliss-reactive ketones (excluding diaryl/α,β-unsaturated/α-hetero) is 1. The van der Waals surface area contributed by atoms with E-state index in [0.29, 0.717) is 11.1 Å². The molecule has 2 nitrogen and oxygen atoms in total. The zero-order chi connectivity index (χ0) is 13.9. The maximum atomic E-state index is 12.5. The maximum absolute atomic E-state index is 12.5. The smallest absolute Gasteiger partial charge is 0.294 e. The van der Waals surface area contributed by atoms with Gasteiger partial charge in [0.25, 0.3) is 0 Å². The fourth-order valence-electron chi connectivity index (χ4n) is 1.67. The first kappa shape index (κ1) is 13.3. The Kier molecular flexibility index (Phi) is 3.64. The molecule has 1 aromatic heterocycles. The first-order valence-corrected chi connectivity index (χ1v) is 5.56. The maximum Gasteiger partial charge on any atom is 0.416 e. The first-order valence-electron chi connectivity index (χ1n) is 5.56. The lowest BCUT2D eigenvalue weighted by Gasteiger charge is -2.08. The van der Waals surface area contributed by atoms with Crippen LogP contribution in [0.1, 0.15) is 21.5 Å². The summed E-state index contributed by atoms with van der Waals surface area (Å²) < 4.78 is 37.6. The second-order valence-electron chi connectivity index (χ2n) is 4.04. The van der Waals surface area contributed by atoms with E-state index in [4.69, 9.17) is 0 Å². The molecule has 0 aliphatic heterocycles. The van der Waals surface area contributed by atoms with Crippen LogP contribution in [0.3, 0.4) is 0 Å². The van der Waals surface area contributed by atoms with E-state index in [1.54, 1.807) is 12.1 Å². The Hall–Kier alpha value is -2.17. The molecule has 1 heterocycles. The minimum absolute atomic E-state index is 0.0738. The second-order valence-corrected chi connectivity index (χ2v) is 4.04. The van der Waals surface area contributed by atoms with Crippen LogP contribution in [0.5, 0.6) is 0 Å². The molecule has 0 N–H and O–H groups in total. The standard InChI is InChI=1S/C14H10F3NO/c15-14(16,17)12-5-1-3-10(7-12)8-13(19)11-4-2-6-18-9-11/h1-7,9H,8H2. The van der Waals surface area contributed by atoms with Gasteiger partial charge in [0.2, 0.25) is 0 Å². The van der Waals surface area contributed by atoms with Crippen LogP contribution in [0.4, 0.5) is 13.2 Å². The third-order valence-electron chi connectivity index (χ3n) is 2.60. The zero-order valence-electron chi connectivity index (χ0n) is 9.82. The largest absolute Gasteiger partial charge is 0.416 e. The fraction of sp³-hybridized carbons (Fsp3) is 0.143. The molecule has 0 amide bonds.